The molecule has 0 spiro atoms. The second kappa shape index (κ2) is 9.00. The minimum atomic E-state index is -0.525. The molecule has 4 atom stereocenters. The second-order valence-electron chi connectivity index (χ2n) is 8.17. The monoisotopic (exact) mass is 435 g/mol. The van der Waals surface area contributed by atoms with E-state index in [0.29, 0.717) is 52.6 Å². The zero-order valence-electron chi connectivity index (χ0n) is 17.2. The fraction of sp³-hybridized carbons (Fsp3) is 0.478. The van der Waals surface area contributed by atoms with Gasteiger partial charge >= 0.3 is 0 Å². The summed E-state index contributed by atoms with van der Waals surface area (Å²) >= 11 is 6.04. The molecule has 2 aromatic rings. The van der Waals surface area contributed by atoms with E-state index in [-0.39, 0.29) is 11.9 Å². The Morgan fingerprint density at radius 1 is 1.07 bits per heavy atom. The molecule has 0 amide bonds. The van der Waals surface area contributed by atoms with E-state index in [9.17, 15) is 9.50 Å². The maximum absolute atomic E-state index is 14.5. The van der Waals surface area contributed by atoms with E-state index < -0.39 is 6.10 Å². The van der Waals surface area contributed by atoms with Gasteiger partial charge in [0.15, 0.2) is 11.5 Å². The van der Waals surface area contributed by atoms with E-state index in [1.54, 1.807) is 25.3 Å². The zero-order chi connectivity index (χ0) is 21.3. The molecule has 4 rings (SSSR count). The first-order chi connectivity index (χ1) is 14.5. The normalized spacial score (nSPS) is 26.3. The summed E-state index contributed by atoms with van der Waals surface area (Å²) in [5.74, 6) is 2.06. The van der Waals surface area contributed by atoms with E-state index in [2.05, 4.69) is 4.90 Å². The first-order valence-electron chi connectivity index (χ1n) is 10.2. The lowest BCUT2D eigenvalue weighted by molar-refractivity contribution is -0.0231. The number of nitrogens with zero attached hydrogens (tertiary/aromatic N) is 1. The van der Waals surface area contributed by atoms with Crippen LogP contribution in [0.3, 0.4) is 0 Å². The number of hydrogen-bond acceptors (Lipinski definition) is 5. The Balaban J connectivity index is 1.41. The first-order valence-corrected chi connectivity index (χ1v) is 10.6. The van der Waals surface area contributed by atoms with Gasteiger partial charge in [-0.1, -0.05) is 17.7 Å². The lowest BCUT2D eigenvalue weighted by Gasteiger charge is -2.35. The maximum atomic E-state index is 14.5. The molecule has 1 heterocycles. The summed E-state index contributed by atoms with van der Waals surface area (Å²) in [6.07, 6.45) is 0.662. The van der Waals surface area contributed by atoms with Crippen LogP contribution in [0.4, 0.5) is 4.39 Å². The van der Waals surface area contributed by atoms with Crippen molar-refractivity contribution in [3.8, 4) is 17.2 Å². The Morgan fingerprint density at radius 2 is 1.77 bits per heavy atom. The van der Waals surface area contributed by atoms with Gasteiger partial charge in [0.1, 0.15) is 17.7 Å². The molecular formula is C23H27ClFNO4. The number of hydrogen-bond donors (Lipinski definition) is 1. The third kappa shape index (κ3) is 4.51. The van der Waals surface area contributed by atoms with Crippen molar-refractivity contribution in [3.63, 3.8) is 0 Å². The Hall–Kier alpha value is -2.02. The largest absolute Gasteiger partial charge is 0.493 e. The van der Waals surface area contributed by atoms with Crippen LogP contribution in [0, 0.1) is 17.7 Å². The third-order valence-electron chi connectivity index (χ3n) is 6.19. The molecule has 0 aromatic heterocycles. The lowest BCUT2D eigenvalue weighted by atomic mass is 9.78. The summed E-state index contributed by atoms with van der Waals surface area (Å²) < 4.78 is 31.1. The number of benzene rings is 2. The van der Waals surface area contributed by atoms with Gasteiger partial charge in [-0.05, 0) is 48.9 Å². The molecule has 7 heteroatoms. The molecule has 1 saturated carbocycles. The van der Waals surface area contributed by atoms with Crippen LogP contribution in [0.25, 0.3) is 0 Å². The molecule has 1 saturated heterocycles. The molecular weight excluding hydrogens is 409 g/mol. The number of aliphatic hydroxyl groups is 1. The van der Waals surface area contributed by atoms with E-state index in [0.717, 1.165) is 19.5 Å². The highest BCUT2D eigenvalue weighted by molar-refractivity contribution is 6.30. The highest BCUT2D eigenvalue weighted by atomic mass is 35.5. The van der Waals surface area contributed by atoms with Crippen molar-refractivity contribution in [3.05, 3.63) is 52.8 Å². The topological polar surface area (TPSA) is 51.2 Å². The lowest BCUT2D eigenvalue weighted by Crippen LogP contribution is -2.42. The molecule has 0 radical (unpaired) electrons. The molecule has 0 bridgehead atoms. The van der Waals surface area contributed by atoms with E-state index >= 15 is 0 Å². The molecule has 2 fully saturated rings. The van der Waals surface area contributed by atoms with Gasteiger partial charge in [0.25, 0.3) is 0 Å². The van der Waals surface area contributed by atoms with Crippen LogP contribution < -0.4 is 14.2 Å². The van der Waals surface area contributed by atoms with Crippen LogP contribution in [-0.4, -0.2) is 49.5 Å². The summed E-state index contributed by atoms with van der Waals surface area (Å²) in [5, 5.41) is 11.2. The Morgan fingerprint density at radius 3 is 2.47 bits per heavy atom. The van der Waals surface area contributed by atoms with Gasteiger partial charge in [-0.15, -0.1) is 0 Å². The van der Waals surface area contributed by atoms with E-state index in [1.807, 2.05) is 12.1 Å². The molecule has 1 aliphatic heterocycles. The minimum Gasteiger partial charge on any atom is -0.493 e. The van der Waals surface area contributed by atoms with Crippen LogP contribution in [0.5, 0.6) is 17.2 Å². The van der Waals surface area contributed by atoms with Gasteiger partial charge in [-0.25, -0.2) is 4.39 Å². The van der Waals surface area contributed by atoms with Gasteiger partial charge in [0.05, 0.1) is 20.3 Å². The van der Waals surface area contributed by atoms with Crippen LogP contribution in [0.2, 0.25) is 5.02 Å². The van der Waals surface area contributed by atoms with Crippen molar-refractivity contribution >= 4 is 11.6 Å². The van der Waals surface area contributed by atoms with Crippen molar-refractivity contribution in [2.75, 3.05) is 27.3 Å². The minimum absolute atomic E-state index is 0.262. The zero-order valence-corrected chi connectivity index (χ0v) is 17.9. The molecule has 2 aromatic carbocycles. The van der Waals surface area contributed by atoms with Gasteiger partial charge < -0.3 is 19.3 Å². The number of aliphatic hydroxyl groups excluding tert-OH is 1. The number of rotatable bonds is 6. The van der Waals surface area contributed by atoms with Gasteiger partial charge in [0, 0.05) is 36.3 Å². The Kier molecular flexibility index (Phi) is 6.37. The van der Waals surface area contributed by atoms with Crippen molar-refractivity contribution in [2.45, 2.75) is 31.6 Å². The smallest absolute Gasteiger partial charge is 0.163 e. The van der Waals surface area contributed by atoms with Crippen LogP contribution in [0.1, 0.15) is 18.4 Å². The Bertz CT molecular complexity index is 896. The van der Waals surface area contributed by atoms with Crippen LogP contribution in [-0.2, 0) is 6.54 Å². The molecule has 30 heavy (non-hydrogen) atoms. The highest BCUT2D eigenvalue weighted by Gasteiger charge is 2.42. The molecule has 162 valence electrons. The fourth-order valence-corrected chi connectivity index (χ4v) is 4.90. The number of likely N-dealkylation sites (tertiary alicyclic amines) is 1. The quantitative estimate of drug-likeness (QED) is 0.738. The first kappa shape index (κ1) is 21.2. The molecule has 0 unspecified atom stereocenters. The molecule has 2 aliphatic rings. The second-order valence-corrected chi connectivity index (χ2v) is 8.60. The van der Waals surface area contributed by atoms with E-state index in [1.165, 1.54) is 13.2 Å². The fourth-order valence-electron chi connectivity index (χ4n) is 4.72. The molecule has 1 N–H and O–H groups in total. The van der Waals surface area contributed by atoms with E-state index in [4.69, 9.17) is 25.8 Å². The number of ether oxygens (including phenoxy) is 3. The summed E-state index contributed by atoms with van der Waals surface area (Å²) in [6.45, 7) is 2.18. The van der Waals surface area contributed by atoms with Crippen molar-refractivity contribution in [1.82, 2.24) is 4.90 Å². The standard InChI is InChI=1S/C23H27ClFNO4/c1-28-22-8-16(19(25)10-23(22)29-2)13-26-11-14-6-20(27)21(7-15(14)12-26)30-18-5-3-4-17(24)9-18/h3-5,8-10,14-15,20-21,27H,6-7,11-13H2,1-2H3/t14-,15+,20+,21+/m0/s1. The van der Waals surface area contributed by atoms with Crippen molar-refractivity contribution in [1.29, 1.82) is 0 Å². The summed E-state index contributed by atoms with van der Waals surface area (Å²) in [4.78, 5) is 2.24. The maximum Gasteiger partial charge on any atom is 0.163 e. The van der Waals surface area contributed by atoms with Gasteiger partial charge in [-0.3, -0.25) is 4.90 Å². The number of halogens is 2. The summed E-state index contributed by atoms with van der Waals surface area (Å²) in [5.41, 5.74) is 0.582. The average molecular weight is 436 g/mol. The van der Waals surface area contributed by atoms with Crippen molar-refractivity contribution < 1.29 is 23.7 Å². The summed E-state index contributed by atoms with van der Waals surface area (Å²) in [7, 11) is 3.04. The Labute approximate surface area is 181 Å². The highest BCUT2D eigenvalue weighted by Crippen LogP contribution is 2.39. The summed E-state index contributed by atoms with van der Waals surface area (Å²) in [6, 6.07) is 10.3. The predicted molar refractivity (Wildman–Crippen MR) is 113 cm³/mol. The van der Waals surface area contributed by atoms with Gasteiger partial charge in [0.2, 0.25) is 0 Å². The van der Waals surface area contributed by atoms with Crippen LogP contribution >= 0.6 is 11.6 Å². The number of fused-ring (bicyclic) bond motifs is 1. The van der Waals surface area contributed by atoms with Crippen LogP contribution in [0.15, 0.2) is 36.4 Å². The molecule has 5 nitrogen and oxygen atoms in total. The number of methoxy groups -OCH3 is 2. The third-order valence-corrected chi connectivity index (χ3v) is 6.43. The molecule has 1 aliphatic carbocycles. The van der Waals surface area contributed by atoms with Gasteiger partial charge in [-0.2, -0.15) is 0 Å². The SMILES string of the molecule is COc1cc(F)c(CN2C[C@H]3C[C@@H](Oc4cccc(Cl)c4)[C@H](O)C[C@H]3C2)cc1OC. The predicted octanol–water partition coefficient (Wildman–Crippen LogP) is 4.15. The average Bonchev–Trinajstić information content (AvgIpc) is 3.10. The van der Waals surface area contributed by atoms with Crippen molar-refractivity contribution in [2.24, 2.45) is 11.8 Å².